The Kier molecular flexibility index (Phi) is 3.38. The highest BCUT2D eigenvalue weighted by Crippen LogP contribution is 2.24. The maximum absolute atomic E-state index is 10.7. The summed E-state index contributed by atoms with van der Waals surface area (Å²) < 4.78 is 0. The van der Waals surface area contributed by atoms with Gasteiger partial charge in [0, 0.05) is 10.6 Å². The molecule has 0 saturated heterocycles. The van der Waals surface area contributed by atoms with Gasteiger partial charge >= 0.3 is 5.97 Å². The van der Waals surface area contributed by atoms with Crippen molar-refractivity contribution in [3.63, 3.8) is 0 Å². The Hall–Kier alpha value is -1.49. The highest BCUT2D eigenvalue weighted by molar-refractivity contribution is 7.99. The van der Waals surface area contributed by atoms with Crippen LogP contribution >= 0.6 is 11.8 Å². The monoisotopic (exact) mass is 250 g/mol. The number of nitrogens with one attached hydrogen (secondary N) is 1. The van der Waals surface area contributed by atoms with Crippen molar-refractivity contribution in [1.29, 1.82) is 0 Å². The molecule has 0 aliphatic carbocycles. The summed E-state index contributed by atoms with van der Waals surface area (Å²) in [6.07, 6.45) is 0. The van der Waals surface area contributed by atoms with Crippen LogP contribution in [-0.4, -0.2) is 26.8 Å². The summed E-state index contributed by atoms with van der Waals surface area (Å²) in [5.74, 6) is 0.379. The average Bonchev–Trinajstić information content (AvgIpc) is 2.64. The first-order chi connectivity index (χ1) is 8.06. The van der Waals surface area contributed by atoms with Crippen molar-refractivity contribution in [2.75, 3.05) is 5.75 Å². The van der Waals surface area contributed by atoms with E-state index >= 15 is 0 Å². The van der Waals surface area contributed by atoms with Crippen LogP contribution in [-0.2, 0) is 4.79 Å². The third-order valence-electron chi connectivity index (χ3n) is 2.49. The molecule has 1 heterocycles. The second-order valence-electron chi connectivity index (χ2n) is 4.05. The number of carbonyl (C=O) groups is 1. The molecule has 2 aromatic rings. The second kappa shape index (κ2) is 4.79. The average molecular weight is 250 g/mol. The lowest BCUT2D eigenvalue weighted by molar-refractivity contribution is -0.140. The summed E-state index contributed by atoms with van der Waals surface area (Å²) in [7, 11) is 0. The van der Waals surface area contributed by atoms with Gasteiger partial charge in [-0.05, 0) is 25.1 Å². The predicted octanol–water partition coefficient (Wildman–Crippen LogP) is 2.68. The molecular formula is C12H14N2O2S. The number of benzene rings is 1. The molecule has 4 nitrogen and oxygen atoms in total. The van der Waals surface area contributed by atoms with E-state index in [0.717, 1.165) is 21.8 Å². The van der Waals surface area contributed by atoms with E-state index in [1.165, 1.54) is 0 Å². The highest BCUT2D eigenvalue weighted by Gasteiger charge is 2.11. The first-order valence-corrected chi connectivity index (χ1v) is 6.37. The van der Waals surface area contributed by atoms with Crippen LogP contribution in [0.3, 0.4) is 0 Å². The van der Waals surface area contributed by atoms with Gasteiger partial charge < -0.3 is 10.1 Å². The van der Waals surface area contributed by atoms with Crippen LogP contribution in [0.4, 0.5) is 0 Å². The summed E-state index contributed by atoms with van der Waals surface area (Å²) in [6.45, 7) is 3.63. The van der Waals surface area contributed by atoms with E-state index in [-0.39, 0.29) is 5.92 Å². The fourth-order valence-electron chi connectivity index (χ4n) is 1.50. The molecule has 2 rings (SSSR count). The zero-order valence-corrected chi connectivity index (χ0v) is 10.5. The molecule has 1 unspecified atom stereocenters. The van der Waals surface area contributed by atoms with Gasteiger partial charge in [0.1, 0.15) is 5.82 Å². The number of H-pyrrole nitrogens is 1. The summed E-state index contributed by atoms with van der Waals surface area (Å²) >= 11 is 1.55. The Labute approximate surface area is 103 Å². The number of carboxylic acids is 1. The van der Waals surface area contributed by atoms with Crippen LogP contribution < -0.4 is 0 Å². The van der Waals surface area contributed by atoms with Gasteiger partial charge in [-0.3, -0.25) is 4.79 Å². The van der Waals surface area contributed by atoms with E-state index in [0.29, 0.717) is 5.75 Å². The quantitative estimate of drug-likeness (QED) is 0.819. The number of imidazole rings is 1. The Bertz CT molecular complexity index is 550. The molecule has 5 heteroatoms. The molecule has 0 spiro atoms. The summed E-state index contributed by atoms with van der Waals surface area (Å²) in [5, 5.41) is 8.81. The van der Waals surface area contributed by atoms with Crippen LogP contribution in [0.5, 0.6) is 0 Å². The third kappa shape index (κ3) is 2.79. The lowest BCUT2D eigenvalue weighted by Gasteiger charge is -2.05. The SMILES string of the molecule is Cc1nc2ccc(SCC(C)C(=O)O)cc2[nH]1. The van der Waals surface area contributed by atoms with Crippen LogP contribution in [0, 0.1) is 12.8 Å². The molecule has 0 fully saturated rings. The topological polar surface area (TPSA) is 66.0 Å². The number of aliphatic carboxylic acids is 1. The minimum Gasteiger partial charge on any atom is -0.481 e. The molecule has 0 aliphatic rings. The first-order valence-electron chi connectivity index (χ1n) is 5.38. The molecule has 0 aliphatic heterocycles. The van der Waals surface area contributed by atoms with Crippen LogP contribution in [0.15, 0.2) is 23.1 Å². The fourth-order valence-corrected chi connectivity index (χ4v) is 2.45. The lowest BCUT2D eigenvalue weighted by atomic mass is 10.2. The van der Waals surface area contributed by atoms with E-state index < -0.39 is 5.97 Å². The van der Waals surface area contributed by atoms with Gasteiger partial charge in [-0.2, -0.15) is 0 Å². The van der Waals surface area contributed by atoms with Gasteiger partial charge in [0.05, 0.1) is 17.0 Å². The molecular weight excluding hydrogens is 236 g/mol. The molecule has 0 bridgehead atoms. The Morgan fingerprint density at radius 1 is 1.59 bits per heavy atom. The van der Waals surface area contributed by atoms with Crippen molar-refractivity contribution < 1.29 is 9.90 Å². The minimum atomic E-state index is -0.754. The number of aromatic nitrogens is 2. The van der Waals surface area contributed by atoms with Crippen LogP contribution in [0.1, 0.15) is 12.7 Å². The smallest absolute Gasteiger partial charge is 0.307 e. The minimum absolute atomic E-state index is 0.334. The number of hydrogen-bond acceptors (Lipinski definition) is 3. The number of aromatic amines is 1. The summed E-state index contributed by atoms with van der Waals surface area (Å²) in [6, 6.07) is 5.93. The first kappa shape index (κ1) is 12.0. The Balaban J connectivity index is 2.11. The third-order valence-corrected chi connectivity index (χ3v) is 3.75. The molecule has 1 aromatic carbocycles. The molecule has 17 heavy (non-hydrogen) atoms. The zero-order chi connectivity index (χ0) is 12.4. The normalized spacial score (nSPS) is 12.8. The molecule has 1 aromatic heterocycles. The zero-order valence-electron chi connectivity index (χ0n) is 9.73. The van der Waals surface area contributed by atoms with E-state index in [4.69, 9.17) is 5.11 Å². The van der Waals surface area contributed by atoms with Gasteiger partial charge in [0.15, 0.2) is 0 Å². The fraction of sp³-hybridized carbons (Fsp3) is 0.333. The number of carboxylic acid groups (broad SMARTS) is 1. The number of aryl methyl sites for hydroxylation is 1. The number of nitrogens with zero attached hydrogens (tertiary/aromatic N) is 1. The molecule has 0 saturated carbocycles. The maximum atomic E-state index is 10.7. The lowest BCUT2D eigenvalue weighted by Crippen LogP contribution is -2.11. The highest BCUT2D eigenvalue weighted by atomic mass is 32.2. The van der Waals surface area contributed by atoms with E-state index in [1.54, 1.807) is 18.7 Å². The van der Waals surface area contributed by atoms with Crippen molar-refractivity contribution in [3.8, 4) is 0 Å². The Morgan fingerprint density at radius 3 is 3.06 bits per heavy atom. The van der Waals surface area contributed by atoms with Crippen LogP contribution in [0.2, 0.25) is 0 Å². The van der Waals surface area contributed by atoms with E-state index in [2.05, 4.69) is 9.97 Å². The van der Waals surface area contributed by atoms with Crippen LogP contribution in [0.25, 0.3) is 11.0 Å². The van der Waals surface area contributed by atoms with Gasteiger partial charge in [0.25, 0.3) is 0 Å². The van der Waals surface area contributed by atoms with Gasteiger partial charge in [-0.1, -0.05) is 6.92 Å². The van der Waals surface area contributed by atoms with Crippen molar-refractivity contribution >= 4 is 28.8 Å². The molecule has 90 valence electrons. The standard InChI is InChI=1S/C12H14N2O2S/c1-7(12(15)16)6-17-9-3-4-10-11(5-9)14-8(2)13-10/h3-5,7H,6H2,1-2H3,(H,13,14)(H,15,16). The number of hydrogen-bond donors (Lipinski definition) is 2. The van der Waals surface area contributed by atoms with Crippen molar-refractivity contribution in [2.24, 2.45) is 5.92 Å². The maximum Gasteiger partial charge on any atom is 0.307 e. The predicted molar refractivity (Wildman–Crippen MR) is 68.4 cm³/mol. The van der Waals surface area contributed by atoms with Gasteiger partial charge in [-0.25, -0.2) is 4.98 Å². The van der Waals surface area contributed by atoms with Crippen molar-refractivity contribution in [3.05, 3.63) is 24.0 Å². The van der Waals surface area contributed by atoms with Crippen molar-refractivity contribution in [2.45, 2.75) is 18.7 Å². The second-order valence-corrected chi connectivity index (χ2v) is 5.14. The summed E-state index contributed by atoms with van der Waals surface area (Å²) in [5.41, 5.74) is 1.94. The molecule has 2 N–H and O–H groups in total. The molecule has 1 atom stereocenters. The van der Waals surface area contributed by atoms with Crippen molar-refractivity contribution in [1.82, 2.24) is 9.97 Å². The van der Waals surface area contributed by atoms with Gasteiger partial charge in [0.2, 0.25) is 0 Å². The number of rotatable bonds is 4. The number of fused-ring (bicyclic) bond motifs is 1. The van der Waals surface area contributed by atoms with Gasteiger partial charge in [-0.15, -0.1) is 11.8 Å². The number of thioether (sulfide) groups is 1. The molecule has 0 amide bonds. The largest absolute Gasteiger partial charge is 0.481 e. The van der Waals surface area contributed by atoms with E-state index in [9.17, 15) is 4.79 Å². The summed E-state index contributed by atoms with van der Waals surface area (Å²) in [4.78, 5) is 19.3. The molecule has 0 radical (unpaired) electrons. The Morgan fingerprint density at radius 2 is 2.35 bits per heavy atom. The van der Waals surface area contributed by atoms with E-state index in [1.807, 2.05) is 25.1 Å².